The SMILES string of the molecule is O=C(Nc1cccnc1)c1cc2n(n1)[C@H](C(F)(F)F)C[C@@H](c1ccc(Br)cc1)N2. The molecule has 0 unspecified atom stereocenters. The van der Waals surface area contributed by atoms with E-state index in [4.69, 9.17) is 0 Å². The third-order valence-corrected chi connectivity index (χ3v) is 5.14. The van der Waals surface area contributed by atoms with Crippen molar-refractivity contribution < 1.29 is 18.0 Å². The first-order chi connectivity index (χ1) is 13.8. The van der Waals surface area contributed by atoms with Gasteiger partial charge in [-0.15, -0.1) is 0 Å². The summed E-state index contributed by atoms with van der Waals surface area (Å²) in [6.45, 7) is 0. The van der Waals surface area contributed by atoms with Crippen LogP contribution in [-0.4, -0.2) is 26.8 Å². The first-order valence-electron chi connectivity index (χ1n) is 8.71. The van der Waals surface area contributed by atoms with Crippen molar-refractivity contribution in [2.45, 2.75) is 24.7 Å². The number of aromatic nitrogens is 3. The highest BCUT2D eigenvalue weighted by Gasteiger charge is 2.46. The molecule has 6 nitrogen and oxygen atoms in total. The number of halogens is 4. The van der Waals surface area contributed by atoms with Crippen LogP contribution < -0.4 is 10.6 Å². The molecule has 0 aliphatic carbocycles. The van der Waals surface area contributed by atoms with E-state index in [9.17, 15) is 18.0 Å². The van der Waals surface area contributed by atoms with Gasteiger partial charge >= 0.3 is 6.18 Å². The third kappa shape index (κ3) is 4.12. The molecule has 150 valence electrons. The van der Waals surface area contributed by atoms with Crippen LogP contribution in [0.3, 0.4) is 0 Å². The fourth-order valence-corrected chi connectivity index (χ4v) is 3.49. The molecule has 0 radical (unpaired) electrons. The van der Waals surface area contributed by atoms with Gasteiger partial charge in [-0.1, -0.05) is 28.1 Å². The number of fused-ring (bicyclic) bond motifs is 1. The van der Waals surface area contributed by atoms with Crippen LogP contribution in [0, 0.1) is 0 Å². The fraction of sp³-hybridized carbons (Fsp3) is 0.211. The maximum atomic E-state index is 13.7. The molecule has 2 atom stereocenters. The Balaban J connectivity index is 1.65. The van der Waals surface area contributed by atoms with E-state index in [2.05, 4.69) is 36.6 Å². The van der Waals surface area contributed by atoms with Crippen LogP contribution in [0.5, 0.6) is 0 Å². The van der Waals surface area contributed by atoms with Crippen molar-refractivity contribution in [2.24, 2.45) is 0 Å². The summed E-state index contributed by atoms with van der Waals surface area (Å²) in [4.78, 5) is 16.3. The normalized spacial score (nSPS) is 18.6. The number of carbonyl (C=O) groups is 1. The molecule has 1 aromatic carbocycles. The second-order valence-electron chi connectivity index (χ2n) is 6.60. The maximum absolute atomic E-state index is 13.7. The van der Waals surface area contributed by atoms with Gasteiger partial charge in [0.05, 0.1) is 17.9 Å². The second-order valence-corrected chi connectivity index (χ2v) is 7.51. The zero-order valence-electron chi connectivity index (χ0n) is 14.8. The molecule has 29 heavy (non-hydrogen) atoms. The van der Waals surface area contributed by atoms with Gasteiger partial charge in [0.25, 0.3) is 5.91 Å². The Kier molecular flexibility index (Phi) is 5.03. The third-order valence-electron chi connectivity index (χ3n) is 4.61. The van der Waals surface area contributed by atoms with Gasteiger partial charge in [0.2, 0.25) is 0 Å². The van der Waals surface area contributed by atoms with E-state index in [-0.39, 0.29) is 17.9 Å². The van der Waals surface area contributed by atoms with E-state index in [1.807, 2.05) is 0 Å². The molecule has 10 heteroatoms. The predicted molar refractivity (Wildman–Crippen MR) is 105 cm³/mol. The molecule has 3 aromatic rings. The average molecular weight is 466 g/mol. The monoisotopic (exact) mass is 465 g/mol. The van der Waals surface area contributed by atoms with Gasteiger partial charge in [0.15, 0.2) is 11.7 Å². The van der Waals surface area contributed by atoms with E-state index in [0.29, 0.717) is 5.69 Å². The number of nitrogens with zero attached hydrogens (tertiary/aromatic N) is 3. The minimum Gasteiger partial charge on any atom is -0.363 e. The van der Waals surface area contributed by atoms with E-state index >= 15 is 0 Å². The van der Waals surface area contributed by atoms with Crippen LogP contribution in [0.1, 0.15) is 34.6 Å². The van der Waals surface area contributed by atoms with Crippen molar-refractivity contribution in [3.05, 3.63) is 70.6 Å². The van der Waals surface area contributed by atoms with Crippen molar-refractivity contribution in [2.75, 3.05) is 10.6 Å². The standard InChI is InChI=1S/C19H15BrF3N5O/c20-12-5-3-11(4-6-12)14-8-16(19(21,22)23)28-17(26-14)9-15(27-28)18(29)25-13-2-1-7-24-10-13/h1-7,9-10,14,16,26H,8H2,(H,25,29)/t14-,16-/m0/s1. The first-order valence-corrected chi connectivity index (χ1v) is 9.50. The van der Waals surface area contributed by atoms with Gasteiger partial charge in [-0.2, -0.15) is 18.3 Å². The number of amides is 1. The molecule has 0 saturated carbocycles. The molecular weight excluding hydrogens is 451 g/mol. The van der Waals surface area contributed by atoms with E-state index in [1.165, 1.54) is 12.3 Å². The van der Waals surface area contributed by atoms with Crippen molar-refractivity contribution in [1.82, 2.24) is 14.8 Å². The van der Waals surface area contributed by atoms with Crippen molar-refractivity contribution >= 4 is 33.3 Å². The Labute approximate surface area is 172 Å². The lowest BCUT2D eigenvalue weighted by Crippen LogP contribution is -2.35. The molecule has 1 aliphatic rings. The number of alkyl halides is 3. The van der Waals surface area contributed by atoms with Crippen LogP contribution >= 0.6 is 15.9 Å². The smallest absolute Gasteiger partial charge is 0.363 e. The molecule has 1 amide bonds. The molecule has 0 spiro atoms. The van der Waals surface area contributed by atoms with Crippen molar-refractivity contribution in [3.63, 3.8) is 0 Å². The number of carbonyl (C=O) groups excluding carboxylic acids is 1. The highest BCUT2D eigenvalue weighted by atomic mass is 79.9. The Bertz CT molecular complexity index is 1020. The largest absolute Gasteiger partial charge is 0.410 e. The number of nitrogens with one attached hydrogen (secondary N) is 2. The number of hydrogen-bond donors (Lipinski definition) is 2. The molecular formula is C19H15BrF3N5O. The average Bonchev–Trinajstić information content (AvgIpc) is 3.12. The molecule has 2 N–H and O–H groups in total. The lowest BCUT2D eigenvalue weighted by molar-refractivity contribution is -0.173. The van der Waals surface area contributed by atoms with E-state index in [1.54, 1.807) is 42.6 Å². The Morgan fingerprint density at radius 1 is 1.24 bits per heavy atom. The Morgan fingerprint density at radius 3 is 2.66 bits per heavy atom. The van der Waals surface area contributed by atoms with Gasteiger partial charge in [-0.05, 0) is 29.8 Å². The number of hydrogen-bond acceptors (Lipinski definition) is 4. The summed E-state index contributed by atoms with van der Waals surface area (Å²) in [5.74, 6) is -0.467. The summed E-state index contributed by atoms with van der Waals surface area (Å²) in [6, 6.07) is 9.26. The number of benzene rings is 1. The zero-order chi connectivity index (χ0) is 20.6. The molecule has 4 rings (SSSR count). The van der Waals surface area contributed by atoms with Gasteiger partial charge in [0, 0.05) is 23.2 Å². The quantitative estimate of drug-likeness (QED) is 0.573. The minimum absolute atomic E-state index is 0.109. The topological polar surface area (TPSA) is 71.8 Å². The highest BCUT2D eigenvalue weighted by Crippen LogP contribution is 2.43. The van der Waals surface area contributed by atoms with Gasteiger partial charge in [0.1, 0.15) is 5.82 Å². The van der Waals surface area contributed by atoms with Crippen LogP contribution in [-0.2, 0) is 0 Å². The summed E-state index contributed by atoms with van der Waals surface area (Å²) < 4.78 is 42.9. The summed E-state index contributed by atoms with van der Waals surface area (Å²) in [7, 11) is 0. The van der Waals surface area contributed by atoms with Crippen LogP contribution in [0.15, 0.2) is 59.3 Å². The zero-order valence-corrected chi connectivity index (χ0v) is 16.4. The van der Waals surface area contributed by atoms with Crippen LogP contribution in [0.25, 0.3) is 0 Å². The summed E-state index contributed by atoms with van der Waals surface area (Å²) in [5.41, 5.74) is 1.04. The molecule has 0 saturated heterocycles. The van der Waals surface area contributed by atoms with Crippen molar-refractivity contribution in [1.29, 1.82) is 0 Å². The van der Waals surface area contributed by atoms with E-state index in [0.717, 1.165) is 14.7 Å². The Morgan fingerprint density at radius 2 is 2.00 bits per heavy atom. The number of anilines is 2. The molecule has 0 fully saturated rings. The molecule has 3 heterocycles. The first kappa shape index (κ1) is 19.4. The molecule has 2 aromatic heterocycles. The van der Waals surface area contributed by atoms with E-state index < -0.39 is 24.2 Å². The molecule has 0 bridgehead atoms. The summed E-state index contributed by atoms with van der Waals surface area (Å²) in [6.07, 6.45) is -1.75. The van der Waals surface area contributed by atoms with Crippen LogP contribution in [0.4, 0.5) is 24.7 Å². The maximum Gasteiger partial charge on any atom is 0.410 e. The minimum atomic E-state index is -4.51. The highest BCUT2D eigenvalue weighted by molar-refractivity contribution is 9.10. The Hall–Kier alpha value is -2.88. The van der Waals surface area contributed by atoms with Gasteiger partial charge in [-0.25, -0.2) is 4.68 Å². The number of pyridine rings is 1. The summed E-state index contributed by atoms with van der Waals surface area (Å²) in [5, 5.41) is 9.58. The lowest BCUT2D eigenvalue weighted by atomic mass is 9.97. The van der Waals surface area contributed by atoms with Crippen LogP contribution in [0.2, 0.25) is 0 Å². The lowest BCUT2D eigenvalue weighted by Gasteiger charge is -2.33. The predicted octanol–water partition coefficient (Wildman–Crippen LogP) is 4.95. The fourth-order valence-electron chi connectivity index (χ4n) is 3.23. The number of rotatable bonds is 3. The van der Waals surface area contributed by atoms with Gasteiger partial charge in [-0.3, -0.25) is 9.78 Å². The van der Waals surface area contributed by atoms with Crippen molar-refractivity contribution in [3.8, 4) is 0 Å². The molecule has 1 aliphatic heterocycles. The summed E-state index contributed by atoms with van der Waals surface area (Å²) >= 11 is 3.32. The van der Waals surface area contributed by atoms with Gasteiger partial charge < -0.3 is 10.6 Å². The second kappa shape index (κ2) is 7.51.